The van der Waals surface area contributed by atoms with E-state index in [1.54, 1.807) is 0 Å². The lowest BCUT2D eigenvalue weighted by atomic mass is 10.0. The standard InChI is InChI=1S/C68H110O6/c1-4-7-10-13-16-19-22-25-28-31-34-37-40-43-46-49-52-55-58-61-67(70)73-64-65(63-72-66(69)60-57-54-51-48-45-42-39-36-33-30-27-24-21-18-15-12-9-6-3)74-68(71)62-59-56-53-50-47-44-41-38-35-32-29-26-23-20-17-14-11-8-5-2/h7-8,10-11,16-17,19-20,25-26,28-29,34-35,37-38,43-44,46-47,52,55,65H,4-6,9,12-15,18,21-24,27,30-33,36,39-42,45,48-51,53-54,56-64H2,1-3H3/b10-7-,11-8-,19-16-,20-17-,28-25-,29-26-,37-34-,38-35-,46-43-,47-44-,55-52-/t65-/m1/s1. The van der Waals surface area contributed by atoms with Gasteiger partial charge in [0.2, 0.25) is 0 Å². The monoisotopic (exact) mass is 1020 g/mol. The summed E-state index contributed by atoms with van der Waals surface area (Å²) in [6, 6.07) is 0. The minimum Gasteiger partial charge on any atom is -0.462 e. The molecule has 0 aromatic heterocycles. The lowest BCUT2D eigenvalue weighted by molar-refractivity contribution is -0.166. The van der Waals surface area contributed by atoms with Gasteiger partial charge in [0.25, 0.3) is 0 Å². The second kappa shape index (κ2) is 61.1. The summed E-state index contributed by atoms with van der Waals surface area (Å²) in [5.41, 5.74) is 0. The van der Waals surface area contributed by atoms with E-state index in [1.807, 2.05) is 6.08 Å². The number of carbonyl (C=O) groups is 3. The van der Waals surface area contributed by atoms with Gasteiger partial charge in [-0.3, -0.25) is 14.4 Å². The van der Waals surface area contributed by atoms with Gasteiger partial charge in [0.05, 0.1) is 0 Å². The minimum atomic E-state index is -0.831. The van der Waals surface area contributed by atoms with Crippen LogP contribution < -0.4 is 0 Å². The molecular weight excluding hydrogens is 913 g/mol. The molecule has 6 nitrogen and oxygen atoms in total. The van der Waals surface area contributed by atoms with Gasteiger partial charge in [-0.2, -0.15) is 0 Å². The van der Waals surface area contributed by atoms with Crippen LogP contribution in [-0.4, -0.2) is 37.2 Å². The summed E-state index contributed by atoms with van der Waals surface area (Å²) in [6.07, 6.45) is 86.0. The van der Waals surface area contributed by atoms with Gasteiger partial charge < -0.3 is 14.2 Å². The van der Waals surface area contributed by atoms with Crippen molar-refractivity contribution < 1.29 is 28.6 Å². The lowest BCUT2D eigenvalue weighted by Crippen LogP contribution is -2.30. The summed E-state index contributed by atoms with van der Waals surface area (Å²) in [6.45, 7) is 6.33. The molecule has 0 bridgehead atoms. The molecule has 0 aromatic rings. The Morgan fingerprint density at radius 3 is 0.905 bits per heavy atom. The molecule has 0 saturated heterocycles. The number of esters is 3. The molecule has 0 aromatic carbocycles. The van der Waals surface area contributed by atoms with Crippen molar-refractivity contribution in [3.8, 4) is 0 Å². The zero-order valence-electron chi connectivity index (χ0n) is 47.8. The van der Waals surface area contributed by atoms with Crippen LogP contribution in [-0.2, 0) is 28.6 Å². The van der Waals surface area contributed by atoms with Crippen molar-refractivity contribution >= 4 is 17.9 Å². The Labute approximate surface area is 455 Å². The van der Waals surface area contributed by atoms with Crippen LogP contribution in [0.25, 0.3) is 0 Å². The fraction of sp³-hybridized carbons (Fsp3) is 0.632. The van der Waals surface area contributed by atoms with Crippen LogP contribution in [0.15, 0.2) is 134 Å². The smallest absolute Gasteiger partial charge is 0.306 e. The predicted molar refractivity (Wildman–Crippen MR) is 320 cm³/mol. The maximum absolute atomic E-state index is 12.9. The summed E-state index contributed by atoms with van der Waals surface area (Å²) >= 11 is 0. The van der Waals surface area contributed by atoms with E-state index < -0.39 is 6.10 Å². The van der Waals surface area contributed by atoms with E-state index in [-0.39, 0.29) is 44.0 Å². The Balaban J connectivity index is 4.56. The van der Waals surface area contributed by atoms with Crippen molar-refractivity contribution in [1.82, 2.24) is 0 Å². The van der Waals surface area contributed by atoms with Crippen LogP contribution in [0.2, 0.25) is 0 Å². The number of unbranched alkanes of at least 4 members (excludes halogenated alkanes) is 20. The van der Waals surface area contributed by atoms with Crippen LogP contribution in [0.1, 0.15) is 258 Å². The maximum atomic E-state index is 12.9. The molecule has 418 valence electrons. The molecule has 0 aliphatic carbocycles. The second-order valence-electron chi connectivity index (χ2n) is 19.5. The topological polar surface area (TPSA) is 78.9 Å². The van der Waals surface area contributed by atoms with Crippen LogP contribution in [0, 0.1) is 0 Å². The van der Waals surface area contributed by atoms with E-state index >= 15 is 0 Å². The number of carbonyl (C=O) groups excluding carboxylic acids is 3. The van der Waals surface area contributed by atoms with Crippen molar-refractivity contribution in [3.05, 3.63) is 134 Å². The molecule has 0 saturated carbocycles. The molecule has 0 N–H and O–H groups in total. The van der Waals surface area contributed by atoms with E-state index in [4.69, 9.17) is 14.2 Å². The molecule has 1 atom stereocenters. The summed E-state index contributed by atoms with van der Waals surface area (Å²) in [5, 5.41) is 0. The van der Waals surface area contributed by atoms with Gasteiger partial charge in [-0.05, 0) is 103 Å². The van der Waals surface area contributed by atoms with Gasteiger partial charge in [0, 0.05) is 19.3 Å². The summed E-state index contributed by atoms with van der Waals surface area (Å²) in [5.74, 6) is -1.04. The van der Waals surface area contributed by atoms with E-state index in [9.17, 15) is 14.4 Å². The van der Waals surface area contributed by atoms with Gasteiger partial charge in [-0.1, -0.05) is 270 Å². The van der Waals surface area contributed by atoms with E-state index in [0.717, 1.165) is 109 Å². The molecule has 0 fully saturated rings. The van der Waals surface area contributed by atoms with Crippen molar-refractivity contribution in [1.29, 1.82) is 0 Å². The average Bonchev–Trinajstić information content (AvgIpc) is 3.40. The highest BCUT2D eigenvalue weighted by Gasteiger charge is 2.19. The predicted octanol–water partition coefficient (Wildman–Crippen LogP) is 20.6. The van der Waals surface area contributed by atoms with Crippen LogP contribution in [0.4, 0.5) is 0 Å². The zero-order valence-corrected chi connectivity index (χ0v) is 47.8. The SMILES string of the molecule is CC/C=C\C/C=C\C/C=C\C/C=C\C/C=C\C/C=C\CCC(=O)OC[C@@H](COC(=O)CCCCCCCCCCCCCCCCCCCC)OC(=O)CCCCC/C=C\C/C=C\C/C=C\C/C=C\C/C=C\CC. The molecular formula is C68H110O6. The van der Waals surface area contributed by atoms with Crippen molar-refractivity contribution in [2.45, 2.75) is 264 Å². The van der Waals surface area contributed by atoms with Gasteiger partial charge in [-0.15, -0.1) is 0 Å². The number of allylic oxidation sites excluding steroid dienone is 22. The highest BCUT2D eigenvalue weighted by atomic mass is 16.6. The van der Waals surface area contributed by atoms with Crippen molar-refractivity contribution in [2.24, 2.45) is 0 Å². The minimum absolute atomic E-state index is 0.117. The number of ether oxygens (including phenoxy) is 3. The van der Waals surface area contributed by atoms with Crippen LogP contribution in [0.3, 0.4) is 0 Å². The largest absolute Gasteiger partial charge is 0.462 e. The van der Waals surface area contributed by atoms with E-state index in [1.165, 1.54) is 96.3 Å². The van der Waals surface area contributed by atoms with Crippen molar-refractivity contribution in [2.75, 3.05) is 13.2 Å². The third-order valence-corrected chi connectivity index (χ3v) is 12.4. The lowest BCUT2D eigenvalue weighted by Gasteiger charge is -2.18. The molecule has 0 aliphatic rings. The molecule has 0 spiro atoms. The first-order valence-corrected chi connectivity index (χ1v) is 30.2. The van der Waals surface area contributed by atoms with Gasteiger partial charge in [-0.25, -0.2) is 0 Å². The van der Waals surface area contributed by atoms with E-state index in [0.29, 0.717) is 19.3 Å². The van der Waals surface area contributed by atoms with Crippen LogP contribution >= 0.6 is 0 Å². The zero-order chi connectivity index (χ0) is 53.6. The third kappa shape index (κ3) is 58.4. The third-order valence-electron chi connectivity index (χ3n) is 12.4. The fourth-order valence-electron chi connectivity index (χ4n) is 7.97. The molecule has 6 heteroatoms. The molecule has 0 unspecified atom stereocenters. The quantitative estimate of drug-likeness (QED) is 0.0261. The number of hydrogen-bond donors (Lipinski definition) is 0. The summed E-state index contributed by atoms with van der Waals surface area (Å²) in [7, 11) is 0. The molecule has 0 rings (SSSR count). The Morgan fingerprint density at radius 1 is 0.284 bits per heavy atom. The normalized spacial score (nSPS) is 13.1. The summed E-state index contributed by atoms with van der Waals surface area (Å²) in [4.78, 5) is 38.2. The highest BCUT2D eigenvalue weighted by Crippen LogP contribution is 2.15. The van der Waals surface area contributed by atoms with Gasteiger partial charge in [0.1, 0.15) is 13.2 Å². The Bertz CT molecular complexity index is 1600. The molecule has 0 radical (unpaired) electrons. The molecule has 0 amide bonds. The second-order valence-corrected chi connectivity index (χ2v) is 19.5. The average molecular weight is 1020 g/mol. The van der Waals surface area contributed by atoms with Gasteiger partial charge >= 0.3 is 17.9 Å². The first kappa shape index (κ1) is 69.5. The number of rotatable bonds is 53. The first-order valence-electron chi connectivity index (χ1n) is 30.2. The van der Waals surface area contributed by atoms with E-state index in [2.05, 4.69) is 148 Å². The Kier molecular flexibility index (Phi) is 57.4. The maximum Gasteiger partial charge on any atom is 0.306 e. The molecule has 74 heavy (non-hydrogen) atoms. The summed E-state index contributed by atoms with van der Waals surface area (Å²) < 4.78 is 16.8. The highest BCUT2D eigenvalue weighted by molar-refractivity contribution is 5.71. The number of hydrogen-bond acceptors (Lipinski definition) is 6. The van der Waals surface area contributed by atoms with Crippen molar-refractivity contribution in [3.63, 3.8) is 0 Å². The van der Waals surface area contributed by atoms with Crippen LogP contribution in [0.5, 0.6) is 0 Å². The molecule has 0 heterocycles. The Hall–Kier alpha value is -4.45. The Morgan fingerprint density at radius 2 is 0.554 bits per heavy atom. The van der Waals surface area contributed by atoms with Gasteiger partial charge in [0.15, 0.2) is 6.10 Å². The fourth-order valence-corrected chi connectivity index (χ4v) is 7.97. The molecule has 0 aliphatic heterocycles. The first-order chi connectivity index (χ1) is 36.5.